The van der Waals surface area contributed by atoms with Crippen LogP contribution >= 0.6 is 0 Å². The average molecular weight is 305 g/mol. The molecule has 0 amide bonds. The quantitative estimate of drug-likeness (QED) is 0.873. The minimum Gasteiger partial charge on any atom is -0.464 e. The molecule has 4 nitrogen and oxygen atoms in total. The molecule has 1 aliphatic heterocycles. The lowest BCUT2D eigenvalue weighted by Crippen LogP contribution is -2.39. The Bertz CT molecular complexity index is 690. The van der Waals surface area contributed by atoms with Gasteiger partial charge in [-0.25, -0.2) is 8.42 Å². The molecule has 1 aromatic heterocycles. The van der Waals surface area contributed by atoms with Gasteiger partial charge in [-0.1, -0.05) is 6.92 Å². The van der Waals surface area contributed by atoms with Gasteiger partial charge in [0.05, 0.1) is 11.2 Å². The smallest absolute Gasteiger partial charge is 0.243 e. The van der Waals surface area contributed by atoms with Crippen LogP contribution in [-0.4, -0.2) is 25.8 Å². The first-order valence-electron chi connectivity index (χ1n) is 7.21. The Labute approximate surface area is 125 Å². The van der Waals surface area contributed by atoms with Crippen molar-refractivity contribution in [2.24, 2.45) is 5.92 Å². The third kappa shape index (κ3) is 2.89. The molecular formula is C16H19NO3S. The maximum Gasteiger partial charge on any atom is 0.243 e. The predicted octanol–water partition coefficient (Wildman–Crippen LogP) is 3.37. The monoisotopic (exact) mass is 305 g/mol. The molecule has 0 radical (unpaired) electrons. The molecule has 1 atom stereocenters. The molecule has 2 aromatic rings. The summed E-state index contributed by atoms with van der Waals surface area (Å²) in [6.07, 6.45) is 3.64. The standard InChI is InChI=1S/C16H19NO3S/c1-13-4-2-10-17(12-13)21(18,19)15-8-6-14(7-9-15)16-5-3-11-20-16/h3,5-9,11,13H,2,4,10,12H2,1H3. The lowest BCUT2D eigenvalue weighted by Gasteiger charge is -2.30. The van der Waals surface area contributed by atoms with E-state index in [1.54, 1.807) is 34.8 Å². The third-order valence-electron chi connectivity index (χ3n) is 3.92. The van der Waals surface area contributed by atoms with Crippen LogP contribution in [0.3, 0.4) is 0 Å². The number of nitrogens with zero attached hydrogens (tertiary/aromatic N) is 1. The van der Waals surface area contributed by atoms with Gasteiger partial charge in [0.25, 0.3) is 0 Å². The molecule has 112 valence electrons. The number of hydrogen-bond acceptors (Lipinski definition) is 3. The second-order valence-corrected chi connectivity index (χ2v) is 7.55. The number of furan rings is 1. The van der Waals surface area contributed by atoms with E-state index in [9.17, 15) is 8.42 Å². The van der Waals surface area contributed by atoms with E-state index >= 15 is 0 Å². The topological polar surface area (TPSA) is 50.5 Å². The van der Waals surface area contributed by atoms with Gasteiger partial charge in [-0.15, -0.1) is 0 Å². The molecule has 0 spiro atoms. The summed E-state index contributed by atoms with van der Waals surface area (Å²) >= 11 is 0. The van der Waals surface area contributed by atoms with Crippen LogP contribution in [0.5, 0.6) is 0 Å². The predicted molar refractivity (Wildman–Crippen MR) is 81.3 cm³/mol. The van der Waals surface area contributed by atoms with Gasteiger partial charge < -0.3 is 4.42 Å². The molecule has 21 heavy (non-hydrogen) atoms. The number of piperidine rings is 1. The Morgan fingerprint density at radius 2 is 1.95 bits per heavy atom. The van der Waals surface area contributed by atoms with Crippen molar-refractivity contribution in [2.75, 3.05) is 13.1 Å². The van der Waals surface area contributed by atoms with E-state index in [0.29, 0.717) is 23.9 Å². The molecular weight excluding hydrogens is 286 g/mol. The number of sulfonamides is 1. The van der Waals surface area contributed by atoms with Crippen molar-refractivity contribution in [3.05, 3.63) is 42.7 Å². The molecule has 0 aliphatic carbocycles. The number of benzene rings is 1. The molecule has 1 aromatic carbocycles. The van der Waals surface area contributed by atoms with Gasteiger partial charge in [0.1, 0.15) is 5.76 Å². The maximum atomic E-state index is 12.6. The van der Waals surface area contributed by atoms with E-state index in [0.717, 1.165) is 24.2 Å². The highest BCUT2D eigenvalue weighted by molar-refractivity contribution is 7.89. The van der Waals surface area contributed by atoms with Crippen molar-refractivity contribution in [1.29, 1.82) is 0 Å². The van der Waals surface area contributed by atoms with E-state index < -0.39 is 10.0 Å². The van der Waals surface area contributed by atoms with Crippen LogP contribution in [0, 0.1) is 5.92 Å². The van der Waals surface area contributed by atoms with Crippen molar-refractivity contribution in [2.45, 2.75) is 24.7 Å². The summed E-state index contributed by atoms with van der Waals surface area (Å²) in [7, 11) is -3.38. The highest BCUT2D eigenvalue weighted by atomic mass is 32.2. The number of rotatable bonds is 3. The summed E-state index contributed by atoms with van der Waals surface area (Å²) in [4.78, 5) is 0.354. The second-order valence-electron chi connectivity index (χ2n) is 5.61. The summed E-state index contributed by atoms with van der Waals surface area (Å²) in [5.41, 5.74) is 0.881. The van der Waals surface area contributed by atoms with Crippen LogP contribution in [0.2, 0.25) is 0 Å². The lowest BCUT2D eigenvalue weighted by molar-refractivity contribution is 0.281. The second kappa shape index (κ2) is 5.66. The maximum absolute atomic E-state index is 12.6. The Balaban J connectivity index is 1.86. The first-order chi connectivity index (χ1) is 10.1. The minimum absolute atomic E-state index is 0.354. The van der Waals surface area contributed by atoms with E-state index in [-0.39, 0.29) is 0 Å². The first kappa shape index (κ1) is 14.4. The highest BCUT2D eigenvalue weighted by Gasteiger charge is 2.28. The minimum atomic E-state index is -3.38. The molecule has 0 bridgehead atoms. The highest BCUT2D eigenvalue weighted by Crippen LogP contribution is 2.26. The summed E-state index contributed by atoms with van der Waals surface area (Å²) in [6.45, 7) is 3.33. The van der Waals surface area contributed by atoms with Crippen LogP contribution in [0.15, 0.2) is 52.0 Å². The summed E-state index contributed by atoms with van der Waals surface area (Å²) in [6, 6.07) is 10.6. The molecule has 0 saturated carbocycles. The van der Waals surface area contributed by atoms with E-state index in [1.807, 2.05) is 12.1 Å². The molecule has 0 N–H and O–H groups in total. The lowest BCUT2D eigenvalue weighted by atomic mass is 10.0. The first-order valence-corrected chi connectivity index (χ1v) is 8.65. The molecule has 5 heteroatoms. The molecule has 1 aliphatic rings. The summed E-state index contributed by atoms with van der Waals surface area (Å²) in [5, 5.41) is 0. The fourth-order valence-electron chi connectivity index (χ4n) is 2.75. The van der Waals surface area contributed by atoms with Crippen LogP contribution < -0.4 is 0 Å². The largest absolute Gasteiger partial charge is 0.464 e. The van der Waals surface area contributed by atoms with Gasteiger partial charge in [-0.2, -0.15) is 4.31 Å². The zero-order valence-corrected chi connectivity index (χ0v) is 12.8. The fraction of sp³-hybridized carbons (Fsp3) is 0.375. The zero-order chi connectivity index (χ0) is 14.9. The molecule has 1 unspecified atom stereocenters. The SMILES string of the molecule is CC1CCCN(S(=O)(=O)c2ccc(-c3ccco3)cc2)C1. The van der Waals surface area contributed by atoms with Crippen LogP contribution in [0.4, 0.5) is 0 Å². The van der Waals surface area contributed by atoms with E-state index in [4.69, 9.17) is 4.42 Å². The van der Waals surface area contributed by atoms with Gasteiger partial charge in [0.2, 0.25) is 10.0 Å². The Morgan fingerprint density at radius 1 is 1.19 bits per heavy atom. The van der Waals surface area contributed by atoms with Gasteiger partial charge in [0, 0.05) is 18.7 Å². The zero-order valence-electron chi connectivity index (χ0n) is 12.0. The third-order valence-corrected chi connectivity index (χ3v) is 5.80. The van der Waals surface area contributed by atoms with Crippen molar-refractivity contribution in [3.63, 3.8) is 0 Å². The van der Waals surface area contributed by atoms with Gasteiger partial charge >= 0.3 is 0 Å². The van der Waals surface area contributed by atoms with E-state index in [1.165, 1.54) is 0 Å². The molecule has 3 rings (SSSR count). The van der Waals surface area contributed by atoms with Crippen molar-refractivity contribution >= 4 is 10.0 Å². The molecule has 1 saturated heterocycles. The van der Waals surface area contributed by atoms with Crippen molar-refractivity contribution < 1.29 is 12.8 Å². The Hall–Kier alpha value is -1.59. The molecule has 1 fully saturated rings. The Morgan fingerprint density at radius 3 is 2.57 bits per heavy atom. The summed E-state index contributed by atoms with van der Waals surface area (Å²) in [5.74, 6) is 1.17. The van der Waals surface area contributed by atoms with E-state index in [2.05, 4.69) is 6.92 Å². The van der Waals surface area contributed by atoms with Crippen LogP contribution in [0.1, 0.15) is 19.8 Å². The summed E-state index contributed by atoms with van der Waals surface area (Å²) < 4.78 is 32.2. The average Bonchev–Trinajstić information content (AvgIpc) is 3.02. The molecule has 2 heterocycles. The van der Waals surface area contributed by atoms with Crippen LogP contribution in [-0.2, 0) is 10.0 Å². The van der Waals surface area contributed by atoms with Gasteiger partial charge in [0.15, 0.2) is 0 Å². The van der Waals surface area contributed by atoms with Gasteiger partial charge in [-0.3, -0.25) is 0 Å². The Kier molecular flexibility index (Phi) is 3.87. The normalized spacial score (nSPS) is 20.5. The fourth-order valence-corrected chi connectivity index (χ4v) is 4.35. The number of hydrogen-bond donors (Lipinski definition) is 0. The van der Waals surface area contributed by atoms with Crippen LogP contribution in [0.25, 0.3) is 11.3 Å². The van der Waals surface area contributed by atoms with Crippen molar-refractivity contribution in [3.8, 4) is 11.3 Å². The van der Waals surface area contributed by atoms with Crippen molar-refractivity contribution in [1.82, 2.24) is 4.31 Å². The van der Waals surface area contributed by atoms with Gasteiger partial charge in [-0.05, 0) is 55.2 Å².